The van der Waals surface area contributed by atoms with Crippen LogP contribution in [0.2, 0.25) is 0 Å². The summed E-state index contributed by atoms with van der Waals surface area (Å²) in [6.45, 7) is 3.83. The molecule has 1 saturated heterocycles. The van der Waals surface area contributed by atoms with E-state index in [1.165, 1.54) is 18.3 Å². The fourth-order valence-electron chi connectivity index (χ4n) is 4.14. The lowest BCUT2D eigenvalue weighted by Crippen LogP contribution is -2.49. The number of aryl methyl sites for hydroxylation is 1. The highest BCUT2D eigenvalue weighted by Gasteiger charge is 2.24. The van der Waals surface area contributed by atoms with Crippen LogP contribution in [0.25, 0.3) is 10.9 Å². The Bertz CT molecular complexity index is 1280. The normalized spacial score (nSPS) is 14.0. The highest BCUT2D eigenvalue weighted by molar-refractivity contribution is 5.93. The van der Waals surface area contributed by atoms with Crippen molar-refractivity contribution in [3.8, 4) is 0 Å². The number of carbonyl (C=O) groups is 2. The number of halogens is 2. The maximum absolute atomic E-state index is 15.0. The molecule has 33 heavy (non-hydrogen) atoms. The summed E-state index contributed by atoms with van der Waals surface area (Å²) in [4.78, 5) is 40.0. The molecule has 0 atom stereocenters. The zero-order valence-electron chi connectivity index (χ0n) is 18.1. The average molecular weight is 455 g/mol. The van der Waals surface area contributed by atoms with Crippen molar-refractivity contribution < 1.29 is 23.5 Å². The van der Waals surface area contributed by atoms with Gasteiger partial charge in [0.1, 0.15) is 17.2 Å². The number of carbonyl (C=O) groups excluding carboxylic acids is 1. The second-order valence-corrected chi connectivity index (χ2v) is 7.95. The maximum atomic E-state index is 15.0. The minimum atomic E-state index is -1.35. The van der Waals surface area contributed by atoms with Crippen LogP contribution in [0.3, 0.4) is 0 Å². The minimum absolute atomic E-state index is 0.0195. The minimum Gasteiger partial charge on any atom is -0.477 e. The molecule has 1 aliphatic heterocycles. The molecule has 0 radical (unpaired) electrons. The Morgan fingerprint density at radius 3 is 2.30 bits per heavy atom. The number of rotatable bonds is 5. The van der Waals surface area contributed by atoms with Gasteiger partial charge in [-0.05, 0) is 36.8 Å². The van der Waals surface area contributed by atoms with Crippen molar-refractivity contribution in [2.45, 2.75) is 19.9 Å². The Morgan fingerprint density at radius 2 is 1.70 bits per heavy atom. The van der Waals surface area contributed by atoms with E-state index in [0.29, 0.717) is 43.9 Å². The third kappa shape index (κ3) is 4.44. The van der Waals surface area contributed by atoms with Gasteiger partial charge < -0.3 is 19.5 Å². The summed E-state index contributed by atoms with van der Waals surface area (Å²) in [6, 6.07) is 8.46. The molecule has 1 aromatic heterocycles. The summed E-state index contributed by atoms with van der Waals surface area (Å²) in [5.74, 6) is -2.41. The first-order valence-electron chi connectivity index (χ1n) is 10.7. The fourth-order valence-corrected chi connectivity index (χ4v) is 4.14. The summed E-state index contributed by atoms with van der Waals surface area (Å²) >= 11 is 0. The number of piperazine rings is 1. The quantitative estimate of drug-likeness (QED) is 0.640. The molecular weight excluding hydrogens is 432 g/mol. The Balaban J connectivity index is 1.54. The van der Waals surface area contributed by atoms with Gasteiger partial charge in [-0.3, -0.25) is 9.59 Å². The molecule has 9 heteroatoms. The lowest BCUT2D eigenvalue weighted by atomic mass is 10.1. The Morgan fingerprint density at radius 1 is 1.03 bits per heavy atom. The van der Waals surface area contributed by atoms with Gasteiger partial charge in [-0.25, -0.2) is 13.6 Å². The molecule has 7 nitrogen and oxygen atoms in total. The number of carboxylic acid groups (broad SMARTS) is 1. The van der Waals surface area contributed by atoms with Gasteiger partial charge in [0.2, 0.25) is 11.3 Å². The van der Waals surface area contributed by atoms with Crippen LogP contribution in [-0.2, 0) is 17.8 Å². The van der Waals surface area contributed by atoms with E-state index >= 15 is 0 Å². The Labute approximate surface area is 188 Å². The monoisotopic (exact) mass is 455 g/mol. The van der Waals surface area contributed by atoms with E-state index in [9.17, 15) is 28.3 Å². The molecule has 172 valence electrons. The highest BCUT2D eigenvalue weighted by atomic mass is 19.1. The van der Waals surface area contributed by atoms with E-state index in [4.69, 9.17) is 0 Å². The molecule has 2 aromatic carbocycles. The number of pyridine rings is 1. The number of fused-ring (bicyclic) bond motifs is 1. The molecule has 1 aliphatic rings. The van der Waals surface area contributed by atoms with Crippen LogP contribution in [0, 0.1) is 11.6 Å². The van der Waals surface area contributed by atoms with Crippen LogP contribution in [-0.4, -0.2) is 52.6 Å². The number of carboxylic acids is 1. The van der Waals surface area contributed by atoms with E-state index in [1.807, 2.05) is 11.8 Å². The van der Waals surface area contributed by atoms with Crippen LogP contribution in [0.15, 0.2) is 47.4 Å². The first kappa shape index (κ1) is 22.4. The zero-order chi connectivity index (χ0) is 23.7. The topological polar surface area (TPSA) is 82.8 Å². The first-order valence-corrected chi connectivity index (χ1v) is 10.7. The number of hydrogen-bond donors (Lipinski definition) is 1. The molecule has 0 spiro atoms. The van der Waals surface area contributed by atoms with Crippen molar-refractivity contribution in [2.75, 3.05) is 31.1 Å². The predicted molar refractivity (Wildman–Crippen MR) is 120 cm³/mol. The molecule has 0 aliphatic carbocycles. The van der Waals surface area contributed by atoms with E-state index in [1.54, 1.807) is 27.7 Å². The SMILES string of the molecule is CCn1cc(C(=O)O)c(=O)c2cc(F)c(N3CCN(C(=O)Cc4ccc(F)cc4)CC3)cc21. The average Bonchev–Trinajstić information content (AvgIpc) is 2.80. The molecule has 4 rings (SSSR count). The number of nitrogens with zero attached hydrogens (tertiary/aromatic N) is 3. The molecule has 0 unspecified atom stereocenters. The Hall–Kier alpha value is -3.75. The summed E-state index contributed by atoms with van der Waals surface area (Å²) in [5, 5.41) is 9.30. The van der Waals surface area contributed by atoms with Crippen LogP contribution in [0.1, 0.15) is 22.8 Å². The van der Waals surface area contributed by atoms with E-state index in [0.717, 1.165) is 11.6 Å². The fraction of sp³-hybridized carbons (Fsp3) is 0.292. The van der Waals surface area contributed by atoms with Gasteiger partial charge in [-0.15, -0.1) is 0 Å². The third-order valence-corrected chi connectivity index (χ3v) is 5.96. The predicted octanol–water partition coefficient (Wildman–Crippen LogP) is 2.89. The van der Waals surface area contributed by atoms with Crippen molar-refractivity contribution in [1.82, 2.24) is 9.47 Å². The second kappa shape index (κ2) is 9.01. The number of hydrogen-bond acceptors (Lipinski definition) is 4. The largest absolute Gasteiger partial charge is 0.477 e. The van der Waals surface area contributed by atoms with E-state index < -0.39 is 22.8 Å². The van der Waals surface area contributed by atoms with Gasteiger partial charge in [0.05, 0.1) is 17.6 Å². The molecule has 1 fully saturated rings. The van der Waals surface area contributed by atoms with Crippen LogP contribution in [0.4, 0.5) is 14.5 Å². The number of benzene rings is 2. The van der Waals surface area contributed by atoms with Crippen molar-refractivity contribution in [2.24, 2.45) is 0 Å². The highest BCUT2D eigenvalue weighted by Crippen LogP contribution is 2.26. The van der Waals surface area contributed by atoms with Gasteiger partial charge in [0.25, 0.3) is 0 Å². The summed E-state index contributed by atoms with van der Waals surface area (Å²) < 4.78 is 29.7. The van der Waals surface area contributed by atoms with Crippen LogP contribution >= 0.6 is 0 Å². The molecule has 3 aromatic rings. The molecule has 0 saturated carbocycles. The van der Waals surface area contributed by atoms with Crippen molar-refractivity contribution in [3.05, 3.63) is 75.6 Å². The smallest absolute Gasteiger partial charge is 0.341 e. The van der Waals surface area contributed by atoms with Gasteiger partial charge in [0, 0.05) is 44.3 Å². The molecule has 1 amide bonds. The first-order chi connectivity index (χ1) is 15.8. The van der Waals surface area contributed by atoms with Gasteiger partial charge in [-0.1, -0.05) is 12.1 Å². The lowest BCUT2D eigenvalue weighted by molar-refractivity contribution is -0.130. The Kier molecular flexibility index (Phi) is 6.13. The lowest BCUT2D eigenvalue weighted by Gasteiger charge is -2.36. The standard InChI is InChI=1S/C24H23F2N3O4/c1-2-27-14-18(24(32)33)23(31)17-12-19(26)21(13-20(17)27)28-7-9-29(10-8-28)22(30)11-15-3-5-16(25)6-4-15/h3-6,12-14H,2,7-11H2,1H3,(H,32,33). The maximum Gasteiger partial charge on any atom is 0.341 e. The number of aromatic nitrogens is 1. The third-order valence-electron chi connectivity index (χ3n) is 5.96. The number of amides is 1. The van der Waals surface area contributed by atoms with Crippen molar-refractivity contribution in [1.29, 1.82) is 0 Å². The number of aromatic carboxylic acids is 1. The van der Waals surface area contributed by atoms with Crippen LogP contribution < -0.4 is 10.3 Å². The van der Waals surface area contributed by atoms with Gasteiger partial charge in [-0.2, -0.15) is 0 Å². The van der Waals surface area contributed by atoms with Crippen molar-refractivity contribution in [3.63, 3.8) is 0 Å². The van der Waals surface area contributed by atoms with Crippen LogP contribution in [0.5, 0.6) is 0 Å². The molecular formula is C24H23F2N3O4. The zero-order valence-corrected chi connectivity index (χ0v) is 18.1. The van der Waals surface area contributed by atoms with Crippen molar-refractivity contribution >= 4 is 28.5 Å². The summed E-state index contributed by atoms with van der Waals surface area (Å²) in [6.07, 6.45) is 1.44. The van der Waals surface area contributed by atoms with Gasteiger partial charge in [0.15, 0.2) is 0 Å². The van der Waals surface area contributed by atoms with E-state index in [-0.39, 0.29) is 23.5 Å². The summed E-state index contributed by atoms with van der Waals surface area (Å²) in [5.41, 5.74) is 0.368. The molecule has 0 bridgehead atoms. The summed E-state index contributed by atoms with van der Waals surface area (Å²) in [7, 11) is 0. The second-order valence-electron chi connectivity index (χ2n) is 7.95. The molecule has 2 heterocycles. The van der Waals surface area contributed by atoms with E-state index in [2.05, 4.69) is 0 Å². The number of anilines is 1. The van der Waals surface area contributed by atoms with Gasteiger partial charge >= 0.3 is 5.97 Å². The molecule has 1 N–H and O–H groups in total.